The molecular formula is C25H32N2O2S. The van der Waals surface area contributed by atoms with Gasteiger partial charge in [0.05, 0.1) is 16.1 Å². The smallest absolute Gasteiger partial charge is 0.261 e. The number of unbranched alkanes of at least 4 members (excludes halogenated alkanes) is 7. The fourth-order valence-corrected chi connectivity index (χ4v) is 4.76. The van der Waals surface area contributed by atoms with Crippen molar-refractivity contribution in [3.05, 3.63) is 66.4 Å². The molecule has 1 N–H and O–H groups in total. The standard InChI is InChI=1S/C25H32N2O2S/c1-2-3-4-5-6-7-8-9-12-21-16-18-23(19-17-21)30(28,29)27-24-15-10-13-22-14-11-20-26-25(22)24/h10-11,13-20,27H,2-9,12H2,1H3. The average Bonchev–Trinajstić information content (AvgIpc) is 2.76. The van der Waals surface area contributed by atoms with E-state index in [0.29, 0.717) is 11.2 Å². The first-order valence-electron chi connectivity index (χ1n) is 11.1. The molecule has 0 spiro atoms. The van der Waals surface area contributed by atoms with Gasteiger partial charge in [-0.1, -0.05) is 82.2 Å². The molecule has 4 nitrogen and oxygen atoms in total. The molecule has 3 rings (SSSR count). The molecule has 3 aromatic rings. The van der Waals surface area contributed by atoms with Gasteiger partial charge in [0, 0.05) is 11.6 Å². The van der Waals surface area contributed by atoms with E-state index in [-0.39, 0.29) is 4.90 Å². The summed E-state index contributed by atoms with van der Waals surface area (Å²) in [4.78, 5) is 4.59. The average molecular weight is 425 g/mol. The Morgan fingerprint density at radius 2 is 1.47 bits per heavy atom. The van der Waals surface area contributed by atoms with Gasteiger partial charge < -0.3 is 0 Å². The lowest BCUT2D eigenvalue weighted by atomic mass is 10.0. The number of pyridine rings is 1. The minimum atomic E-state index is -3.65. The summed E-state index contributed by atoms with van der Waals surface area (Å²) in [6, 6.07) is 16.5. The lowest BCUT2D eigenvalue weighted by Crippen LogP contribution is -2.13. The number of anilines is 1. The topological polar surface area (TPSA) is 59.1 Å². The Bertz CT molecular complexity index is 1030. The number of hydrogen-bond acceptors (Lipinski definition) is 3. The number of nitrogens with zero attached hydrogens (tertiary/aromatic N) is 1. The zero-order valence-corrected chi connectivity index (χ0v) is 18.6. The normalized spacial score (nSPS) is 11.6. The molecule has 0 aliphatic heterocycles. The Balaban J connectivity index is 1.53. The third-order valence-electron chi connectivity index (χ3n) is 5.43. The van der Waals surface area contributed by atoms with Gasteiger partial charge in [0.1, 0.15) is 0 Å². The first kappa shape index (κ1) is 22.3. The maximum absolute atomic E-state index is 12.8. The number of para-hydroxylation sites is 1. The van der Waals surface area contributed by atoms with Crippen LogP contribution in [0.3, 0.4) is 0 Å². The summed E-state index contributed by atoms with van der Waals surface area (Å²) < 4.78 is 28.3. The molecule has 1 aromatic heterocycles. The highest BCUT2D eigenvalue weighted by Crippen LogP contribution is 2.24. The zero-order chi connectivity index (χ0) is 21.2. The summed E-state index contributed by atoms with van der Waals surface area (Å²) in [6.07, 6.45) is 13.0. The molecule has 0 fully saturated rings. The molecule has 160 valence electrons. The monoisotopic (exact) mass is 424 g/mol. The van der Waals surface area contributed by atoms with E-state index in [2.05, 4.69) is 16.6 Å². The molecule has 0 amide bonds. The van der Waals surface area contributed by atoms with Crippen molar-refractivity contribution in [2.24, 2.45) is 0 Å². The van der Waals surface area contributed by atoms with Crippen molar-refractivity contribution in [2.45, 2.75) is 69.6 Å². The Morgan fingerprint density at radius 1 is 0.800 bits per heavy atom. The molecule has 0 bridgehead atoms. The van der Waals surface area contributed by atoms with Gasteiger partial charge in [-0.3, -0.25) is 9.71 Å². The lowest BCUT2D eigenvalue weighted by molar-refractivity contribution is 0.575. The van der Waals surface area contributed by atoms with Crippen LogP contribution in [0.25, 0.3) is 10.9 Å². The molecule has 0 saturated carbocycles. The van der Waals surface area contributed by atoms with Crippen molar-refractivity contribution in [1.29, 1.82) is 0 Å². The third kappa shape index (κ3) is 6.30. The maximum Gasteiger partial charge on any atom is 0.261 e. The molecular weight excluding hydrogens is 392 g/mol. The molecule has 30 heavy (non-hydrogen) atoms. The quantitative estimate of drug-likeness (QED) is 0.328. The highest BCUT2D eigenvalue weighted by Gasteiger charge is 2.15. The van der Waals surface area contributed by atoms with Gasteiger partial charge in [0.2, 0.25) is 0 Å². The van der Waals surface area contributed by atoms with Crippen molar-refractivity contribution in [2.75, 3.05) is 4.72 Å². The van der Waals surface area contributed by atoms with Crippen molar-refractivity contribution in [3.8, 4) is 0 Å². The van der Waals surface area contributed by atoms with E-state index < -0.39 is 10.0 Å². The first-order chi connectivity index (χ1) is 14.6. The van der Waals surface area contributed by atoms with Gasteiger partial charge in [-0.15, -0.1) is 0 Å². The molecule has 0 saturated heterocycles. The molecule has 0 atom stereocenters. The predicted molar refractivity (Wildman–Crippen MR) is 125 cm³/mol. The van der Waals surface area contributed by atoms with E-state index in [0.717, 1.165) is 18.2 Å². The highest BCUT2D eigenvalue weighted by molar-refractivity contribution is 7.92. The number of hydrogen-bond donors (Lipinski definition) is 1. The van der Waals surface area contributed by atoms with E-state index >= 15 is 0 Å². The minimum absolute atomic E-state index is 0.273. The van der Waals surface area contributed by atoms with Crippen LogP contribution in [0.5, 0.6) is 0 Å². The number of nitrogens with one attached hydrogen (secondary N) is 1. The molecule has 0 aliphatic carbocycles. The van der Waals surface area contributed by atoms with Gasteiger partial charge in [-0.25, -0.2) is 8.42 Å². The molecule has 0 unspecified atom stereocenters. The van der Waals surface area contributed by atoms with Crippen LogP contribution in [-0.4, -0.2) is 13.4 Å². The van der Waals surface area contributed by atoms with Crippen molar-refractivity contribution < 1.29 is 8.42 Å². The van der Waals surface area contributed by atoms with Gasteiger partial charge in [0.15, 0.2) is 0 Å². The molecule has 5 heteroatoms. The van der Waals surface area contributed by atoms with E-state index in [4.69, 9.17) is 0 Å². The van der Waals surface area contributed by atoms with Crippen molar-refractivity contribution >= 4 is 26.6 Å². The maximum atomic E-state index is 12.8. The van der Waals surface area contributed by atoms with Crippen molar-refractivity contribution in [3.63, 3.8) is 0 Å². The first-order valence-corrected chi connectivity index (χ1v) is 12.5. The molecule has 0 radical (unpaired) electrons. The number of sulfonamides is 1. The fraction of sp³-hybridized carbons (Fsp3) is 0.400. The minimum Gasteiger partial charge on any atom is -0.277 e. The second-order valence-electron chi connectivity index (χ2n) is 7.86. The summed E-state index contributed by atoms with van der Waals surface area (Å²) in [7, 11) is -3.65. The number of fused-ring (bicyclic) bond motifs is 1. The third-order valence-corrected chi connectivity index (χ3v) is 6.81. The Labute approximate surface area is 180 Å². The summed E-state index contributed by atoms with van der Waals surface area (Å²) in [6.45, 7) is 2.24. The Kier molecular flexibility index (Phi) is 8.26. The van der Waals surface area contributed by atoms with Crippen LogP contribution < -0.4 is 4.72 Å². The predicted octanol–water partition coefficient (Wildman–Crippen LogP) is 6.72. The second kappa shape index (κ2) is 11.1. The van der Waals surface area contributed by atoms with Crippen LogP contribution in [0.1, 0.15) is 63.9 Å². The zero-order valence-electron chi connectivity index (χ0n) is 17.8. The van der Waals surface area contributed by atoms with Crippen molar-refractivity contribution in [1.82, 2.24) is 4.98 Å². The van der Waals surface area contributed by atoms with Crippen LogP contribution in [0.2, 0.25) is 0 Å². The lowest BCUT2D eigenvalue weighted by Gasteiger charge is -2.11. The largest absolute Gasteiger partial charge is 0.277 e. The number of aryl methyl sites for hydroxylation is 1. The van der Waals surface area contributed by atoms with Gasteiger partial charge in [-0.05, 0) is 42.7 Å². The molecule has 2 aromatic carbocycles. The van der Waals surface area contributed by atoms with Crippen LogP contribution in [0, 0.1) is 0 Å². The highest BCUT2D eigenvalue weighted by atomic mass is 32.2. The van der Waals surface area contributed by atoms with Crippen LogP contribution in [-0.2, 0) is 16.4 Å². The SMILES string of the molecule is CCCCCCCCCCc1ccc(S(=O)(=O)Nc2cccc3cccnc23)cc1. The molecule has 1 heterocycles. The number of rotatable bonds is 12. The van der Waals surface area contributed by atoms with E-state index in [1.807, 2.05) is 36.4 Å². The summed E-state index contributed by atoms with van der Waals surface area (Å²) in [5, 5.41) is 0.901. The summed E-state index contributed by atoms with van der Waals surface area (Å²) >= 11 is 0. The fourth-order valence-electron chi connectivity index (χ4n) is 3.69. The van der Waals surface area contributed by atoms with Gasteiger partial charge >= 0.3 is 0 Å². The van der Waals surface area contributed by atoms with Gasteiger partial charge in [0.25, 0.3) is 10.0 Å². The van der Waals surface area contributed by atoms with Crippen LogP contribution in [0.15, 0.2) is 65.7 Å². The second-order valence-corrected chi connectivity index (χ2v) is 9.54. The molecule has 0 aliphatic rings. The Morgan fingerprint density at radius 3 is 2.20 bits per heavy atom. The Hall–Kier alpha value is -2.40. The number of aromatic nitrogens is 1. The number of benzene rings is 2. The summed E-state index contributed by atoms with van der Waals surface area (Å²) in [5.74, 6) is 0. The summed E-state index contributed by atoms with van der Waals surface area (Å²) in [5.41, 5.74) is 2.33. The van der Waals surface area contributed by atoms with E-state index in [1.165, 1.54) is 50.5 Å². The van der Waals surface area contributed by atoms with Crippen LogP contribution >= 0.6 is 0 Å². The van der Waals surface area contributed by atoms with E-state index in [9.17, 15) is 8.42 Å². The van der Waals surface area contributed by atoms with E-state index in [1.54, 1.807) is 24.4 Å². The van der Waals surface area contributed by atoms with Gasteiger partial charge in [-0.2, -0.15) is 0 Å². The van der Waals surface area contributed by atoms with Crippen LogP contribution in [0.4, 0.5) is 5.69 Å².